The van der Waals surface area contributed by atoms with Crippen LogP contribution in [0.4, 0.5) is 4.39 Å². The summed E-state index contributed by atoms with van der Waals surface area (Å²) in [6.07, 6.45) is 1.46. The number of amides is 1. The van der Waals surface area contributed by atoms with E-state index in [1.165, 1.54) is 33.5 Å². The topological polar surface area (TPSA) is 78.7 Å². The Morgan fingerprint density at radius 3 is 2.30 bits per heavy atom. The molecule has 1 aliphatic heterocycles. The number of benzene rings is 2. The third kappa shape index (κ3) is 3.51. The van der Waals surface area contributed by atoms with E-state index < -0.39 is 0 Å². The summed E-state index contributed by atoms with van der Waals surface area (Å²) in [6, 6.07) is 7.90. The molecule has 3 aromatic rings. The molecular weight excluding hydrogens is 391 g/mol. The lowest BCUT2D eigenvalue weighted by molar-refractivity contribution is 0.0690. The summed E-state index contributed by atoms with van der Waals surface area (Å²) < 4.78 is 31.3. The van der Waals surface area contributed by atoms with Crippen molar-refractivity contribution in [3.05, 3.63) is 41.7 Å². The van der Waals surface area contributed by atoms with Gasteiger partial charge >= 0.3 is 0 Å². The van der Waals surface area contributed by atoms with E-state index in [1.54, 1.807) is 23.1 Å². The van der Waals surface area contributed by atoms with Gasteiger partial charge in [-0.3, -0.25) is 4.79 Å². The van der Waals surface area contributed by atoms with Crippen LogP contribution < -0.4 is 14.2 Å². The van der Waals surface area contributed by atoms with Crippen LogP contribution in [0.2, 0.25) is 0 Å². The van der Waals surface area contributed by atoms with Gasteiger partial charge in [-0.25, -0.2) is 9.07 Å². The summed E-state index contributed by atoms with van der Waals surface area (Å²) >= 11 is 0. The minimum atomic E-state index is -0.333. The second-order valence-corrected chi connectivity index (χ2v) is 7.10. The Labute approximate surface area is 173 Å². The third-order valence-electron chi connectivity index (χ3n) is 5.44. The quantitative estimate of drug-likeness (QED) is 0.639. The number of fused-ring (bicyclic) bond motifs is 1. The van der Waals surface area contributed by atoms with Gasteiger partial charge in [0.2, 0.25) is 5.75 Å². The van der Waals surface area contributed by atoms with Crippen LogP contribution in [0.25, 0.3) is 11.0 Å². The molecule has 1 saturated heterocycles. The van der Waals surface area contributed by atoms with Crippen molar-refractivity contribution in [1.82, 2.24) is 19.9 Å². The van der Waals surface area contributed by atoms with E-state index >= 15 is 0 Å². The predicted molar refractivity (Wildman–Crippen MR) is 108 cm³/mol. The number of likely N-dealkylation sites (tertiary alicyclic amines) is 1. The van der Waals surface area contributed by atoms with Gasteiger partial charge in [-0.2, -0.15) is 0 Å². The lowest BCUT2D eigenvalue weighted by atomic mass is 10.0. The van der Waals surface area contributed by atoms with Crippen molar-refractivity contribution < 1.29 is 23.4 Å². The maximum atomic E-state index is 13.4. The van der Waals surface area contributed by atoms with E-state index in [9.17, 15) is 9.18 Å². The summed E-state index contributed by atoms with van der Waals surface area (Å²) in [5, 5.41) is 8.27. The minimum Gasteiger partial charge on any atom is -0.493 e. The first-order valence-corrected chi connectivity index (χ1v) is 9.65. The SMILES string of the molecule is COc1cc(C(=O)N2CCC(n3nnc4cc(F)ccc43)CC2)cc(OC)c1OC. The lowest BCUT2D eigenvalue weighted by Gasteiger charge is -2.32. The number of ether oxygens (including phenoxy) is 3. The third-order valence-corrected chi connectivity index (χ3v) is 5.44. The highest BCUT2D eigenvalue weighted by Crippen LogP contribution is 2.38. The number of hydrogen-bond donors (Lipinski definition) is 0. The van der Waals surface area contributed by atoms with E-state index in [4.69, 9.17) is 14.2 Å². The number of piperidine rings is 1. The van der Waals surface area contributed by atoms with E-state index in [0.717, 1.165) is 18.4 Å². The van der Waals surface area contributed by atoms with Crippen LogP contribution in [0.1, 0.15) is 29.2 Å². The summed E-state index contributed by atoms with van der Waals surface area (Å²) in [4.78, 5) is 14.9. The number of carbonyl (C=O) groups excluding carboxylic acids is 1. The number of rotatable bonds is 5. The van der Waals surface area contributed by atoms with Crippen molar-refractivity contribution in [2.45, 2.75) is 18.9 Å². The minimum absolute atomic E-state index is 0.0989. The summed E-state index contributed by atoms with van der Waals surface area (Å²) in [5.74, 6) is 0.899. The monoisotopic (exact) mass is 414 g/mol. The summed E-state index contributed by atoms with van der Waals surface area (Å²) in [6.45, 7) is 1.14. The van der Waals surface area contributed by atoms with E-state index in [0.29, 0.717) is 41.4 Å². The van der Waals surface area contributed by atoms with Gasteiger partial charge in [0.1, 0.15) is 11.3 Å². The molecule has 0 spiro atoms. The van der Waals surface area contributed by atoms with Gasteiger partial charge < -0.3 is 19.1 Å². The number of hydrogen-bond acceptors (Lipinski definition) is 6. The van der Waals surface area contributed by atoms with Gasteiger partial charge in [0.15, 0.2) is 11.5 Å². The van der Waals surface area contributed by atoms with Crippen LogP contribution in [-0.4, -0.2) is 60.2 Å². The first-order valence-electron chi connectivity index (χ1n) is 9.65. The molecule has 0 radical (unpaired) electrons. The van der Waals surface area contributed by atoms with E-state index in [-0.39, 0.29) is 17.8 Å². The largest absolute Gasteiger partial charge is 0.493 e. The van der Waals surface area contributed by atoms with Gasteiger partial charge in [0.05, 0.1) is 32.9 Å². The number of carbonyl (C=O) groups is 1. The molecule has 0 bridgehead atoms. The fraction of sp³-hybridized carbons (Fsp3) is 0.381. The fourth-order valence-electron chi connectivity index (χ4n) is 3.89. The average molecular weight is 414 g/mol. The number of methoxy groups -OCH3 is 3. The van der Waals surface area contributed by atoms with Crippen molar-refractivity contribution in [1.29, 1.82) is 0 Å². The molecule has 4 rings (SSSR count). The smallest absolute Gasteiger partial charge is 0.254 e. The van der Waals surface area contributed by atoms with Crippen molar-refractivity contribution in [3.8, 4) is 17.2 Å². The standard InChI is InChI=1S/C21H23FN4O4/c1-28-18-10-13(11-19(29-2)20(18)30-3)21(27)25-8-6-15(7-9-25)26-17-5-4-14(22)12-16(17)23-24-26/h4-5,10-12,15H,6-9H2,1-3H3. The van der Waals surface area contributed by atoms with E-state index in [2.05, 4.69) is 10.3 Å². The van der Waals surface area contributed by atoms with Crippen LogP contribution in [0.3, 0.4) is 0 Å². The highest BCUT2D eigenvalue weighted by molar-refractivity contribution is 5.95. The van der Waals surface area contributed by atoms with Crippen LogP contribution in [0, 0.1) is 5.82 Å². The van der Waals surface area contributed by atoms with Gasteiger partial charge in [0.25, 0.3) is 5.91 Å². The molecule has 0 atom stereocenters. The van der Waals surface area contributed by atoms with Crippen LogP contribution >= 0.6 is 0 Å². The van der Waals surface area contributed by atoms with Crippen LogP contribution in [0.15, 0.2) is 30.3 Å². The molecule has 30 heavy (non-hydrogen) atoms. The molecule has 9 heteroatoms. The van der Waals surface area contributed by atoms with E-state index in [1.807, 2.05) is 4.68 Å². The number of nitrogens with zero attached hydrogens (tertiary/aromatic N) is 4. The summed E-state index contributed by atoms with van der Waals surface area (Å²) in [7, 11) is 4.56. The van der Waals surface area contributed by atoms with Crippen LogP contribution in [0.5, 0.6) is 17.2 Å². The molecule has 0 N–H and O–H groups in total. The first-order chi connectivity index (χ1) is 14.5. The Morgan fingerprint density at radius 1 is 1.03 bits per heavy atom. The molecule has 1 aliphatic rings. The zero-order valence-corrected chi connectivity index (χ0v) is 17.1. The predicted octanol–water partition coefficient (Wildman–Crippen LogP) is 3.07. The van der Waals surface area contributed by atoms with Gasteiger partial charge in [-0.05, 0) is 37.1 Å². The Morgan fingerprint density at radius 2 is 1.70 bits per heavy atom. The molecular formula is C21H23FN4O4. The Bertz CT molecular complexity index is 1050. The molecule has 0 saturated carbocycles. The van der Waals surface area contributed by atoms with Gasteiger partial charge in [-0.1, -0.05) is 5.21 Å². The van der Waals surface area contributed by atoms with Crippen molar-refractivity contribution >= 4 is 16.9 Å². The molecule has 1 aromatic heterocycles. The zero-order valence-electron chi connectivity index (χ0n) is 17.1. The average Bonchev–Trinajstić information content (AvgIpc) is 3.20. The lowest BCUT2D eigenvalue weighted by Crippen LogP contribution is -2.39. The maximum absolute atomic E-state index is 13.4. The molecule has 0 unspecified atom stereocenters. The second kappa shape index (κ2) is 8.17. The molecule has 0 aliphatic carbocycles. The summed E-state index contributed by atoms with van der Waals surface area (Å²) in [5.41, 5.74) is 1.81. The normalized spacial score (nSPS) is 14.7. The molecule has 8 nitrogen and oxygen atoms in total. The highest BCUT2D eigenvalue weighted by Gasteiger charge is 2.27. The van der Waals surface area contributed by atoms with Gasteiger partial charge in [0, 0.05) is 24.7 Å². The van der Waals surface area contributed by atoms with Gasteiger partial charge in [-0.15, -0.1) is 5.10 Å². The molecule has 158 valence electrons. The van der Waals surface area contributed by atoms with Crippen LogP contribution in [-0.2, 0) is 0 Å². The van der Waals surface area contributed by atoms with Crippen molar-refractivity contribution in [2.75, 3.05) is 34.4 Å². The Hall–Kier alpha value is -3.36. The molecule has 1 amide bonds. The first kappa shape index (κ1) is 19.9. The van der Waals surface area contributed by atoms with Crippen molar-refractivity contribution in [2.24, 2.45) is 0 Å². The number of aromatic nitrogens is 3. The molecule has 2 aromatic carbocycles. The Balaban J connectivity index is 1.50. The maximum Gasteiger partial charge on any atom is 0.254 e. The zero-order chi connectivity index (χ0) is 21.3. The highest BCUT2D eigenvalue weighted by atomic mass is 19.1. The Kier molecular flexibility index (Phi) is 5.43. The fourth-order valence-corrected chi connectivity index (χ4v) is 3.89. The second-order valence-electron chi connectivity index (χ2n) is 7.10. The van der Waals surface area contributed by atoms with Crippen molar-refractivity contribution in [3.63, 3.8) is 0 Å². The number of halogens is 1. The molecule has 2 heterocycles. The molecule has 1 fully saturated rings.